The summed E-state index contributed by atoms with van der Waals surface area (Å²) in [6.07, 6.45) is 4.38. The van der Waals surface area contributed by atoms with Crippen molar-refractivity contribution in [2.45, 2.75) is 47.5 Å². The van der Waals surface area contributed by atoms with E-state index in [-0.39, 0.29) is 7.43 Å². The highest BCUT2D eigenvalue weighted by molar-refractivity contribution is 4.72. The SMILES string of the molecule is C.CC1CCC(C)C(C)C1. The molecule has 0 radical (unpaired) electrons. The second kappa shape index (κ2) is 4.00. The van der Waals surface area contributed by atoms with Gasteiger partial charge in [-0.25, -0.2) is 0 Å². The zero-order valence-corrected chi connectivity index (χ0v) is 6.85. The zero-order chi connectivity index (χ0) is 6.85. The number of rotatable bonds is 0. The van der Waals surface area contributed by atoms with Crippen LogP contribution in [0.5, 0.6) is 0 Å². The van der Waals surface area contributed by atoms with Gasteiger partial charge in [0.15, 0.2) is 0 Å². The molecule has 3 atom stereocenters. The standard InChI is InChI=1S/C9H18.CH4/c1-7-4-5-8(2)9(3)6-7;/h7-9H,4-6H2,1-3H3;1H4. The molecule has 1 aliphatic carbocycles. The summed E-state index contributed by atoms with van der Waals surface area (Å²) in [6.45, 7) is 7.15. The minimum Gasteiger partial charge on any atom is -0.0776 e. The molecule has 0 aromatic carbocycles. The Morgan fingerprint density at radius 1 is 0.900 bits per heavy atom. The highest BCUT2D eigenvalue weighted by Crippen LogP contribution is 2.32. The van der Waals surface area contributed by atoms with Gasteiger partial charge in [0.2, 0.25) is 0 Å². The Labute approximate surface area is 66.0 Å². The second-order valence-electron chi connectivity index (χ2n) is 3.87. The van der Waals surface area contributed by atoms with E-state index in [1.54, 1.807) is 0 Å². The molecule has 1 saturated carbocycles. The molecule has 62 valence electrons. The molecular weight excluding hydrogens is 120 g/mol. The first-order chi connectivity index (χ1) is 4.20. The maximum Gasteiger partial charge on any atom is -0.0414 e. The lowest BCUT2D eigenvalue weighted by molar-refractivity contribution is 0.220. The minimum atomic E-state index is 0. The van der Waals surface area contributed by atoms with E-state index in [9.17, 15) is 0 Å². The van der Waals surface area contributed by atoms with Crippen LogP contribution in [0.15, 0.2) is 0 Å². The third-order valence-corrected chi connectivity index (χ3v) is 2.86. The Bertz CT molecular complexity index is 86.0. The summed E-state index contributed by atoms with van der Waals surface area (Å²) in [6, 6.07) is 0. The Kier molecular flexibility index (Phi) is 4.00. The largest absolute Gasteiger partial charge is 0.0776 e. The van der Waals surface area contributed by atoms with Crippen molar-refractivity contribution >= 4 is 0 Å². The van der Waals surface area contributed by atoms with Crippen LogP contribution < -0.4 is 0 Å². The number of hydrogen-bond acceptors (Lipinski definition) is 0. The molecule has 0 bridgehead atoms. The van der Waals surface area contributed by atoms with Gasteiger partial charge in [0.05, 0.1) is 0 Å². The van der Waals surface area contributed by atoms with E-state index < -0.39 is 0 Å². The first-order valence-electron chi connectivity index (χ1n) is 4.20. The predicted molar refractivity (Wildman–Crippen MR) is 48.1 cm³/mol. The van der Waals surface area contributed by atoms with Crippen LogP contribution >= 0.6 is 0 Å². The van der Waals surface area contributed by atoms with Crippen molar-refractivity contribution in [2.24, 2.45) is 17.8 Å². The van der Waals surface area contributed by atoms with Gasteiger partial charge in [0.25, 0.3) is 0 Å². The summed E-state index contributed by atoms with van der Waals surface area (Å²) in [5.41, 5.74) is 0. The van der Waals surface area contributed by atoms with Crippen molar-refractivity contribution in [1.82, 2.24) is 0 Å². The van der Waals surface area contributed by atoms with Gasteiger partial charge < -0.3 is 0 Å². The Balaban J connectivity index is 0.000000810. The molecule has 0 aromatic heterocycles. The molecule has 0 saturated heterocycles. The average molecular weight is 142 g/mol. The molecule has 0 amide bonds. The molecule has 1 aliphatic rings. The van der Waals surface area contributed by atoms with Crippen LogP contribution in [0.1, 0.15) is 47.5 Å². The molecule has 0 heterocycles. The van der Waals surface area contributed by atoms with Crippen LogP contribution in [0, 0.1) is 17.8 Å². The molecule has 1 fully saturated rings. The summed E-state index contributed by atoms with van der Waals surface area (Å²) < 4.78 is 0. The fourth-order valence-electron chi connectivity index (χ4n) is 1.82. The summed E-state index contributed by atoms with van der Waals surface area (Å²) >= 11 is 0. The lowest BCUT2D eigenvalue weighted by atomic mass is 9.77. The van der Waals surface area contributed by atoms with E-state index in [0.717, 1.165) is 17.8 Å². The zero-order valence-electron chi connectivity index (χ0n) is 6.85. The fourth-order valence-corrected chi connectivity index (χ4v) is 1.82. The molecule has 0 aliphatic heterocycles. The van der Waals surface area contributed by atoms with Gasteiger partial charge in [-0.05, 0) is 24.2 Å². The van der Waals surface area contributed by atoms with E-state index in [4.69, 9.17) is 0 Å². The van der Waals surface area contributed by atoms with Crippen molar-refractivity contribution < 1.29 is 0 Å². The van der Waals surface area contributed by atoms with Gasteiger partial charge in [-0.3, -0.25) is 0 Å². The topological polar surface area (TPSA) is 0 Å². The van der Waals surface area contributed by atoms with Crippen molar-refractivity contribution in [3.8, 4) is 0 Å². The maximum absolute atomic E-state index is 2.39. The quantitative estimate of drug-likeness (QED) is 0.483. The van der Waals surface area contributed by atoms with E-state index in [1.807, 2.05) is 0 Å². The van der Waals surface area contributed by atoms with Crippen LogP contribution in [-0.2, 0) is 0 Å². The molecule has 10 heavy (non-hydrogen) atoms. The van der Waals surface area contributed by atoms with E-state index in [1.165, 1.54) is 19.3 Å². The van der Waals surface area contributed by atoms with E-state index in [0.29, 0.717) is 0 Å². The van der Waals surface area contributed by atoms with Crippen LogP contribution in [0.3, 0.4) is 0 Å². The molecule has 0 N–H and O–H groups in total. The van der Waals surface area contributed by atoms with Gasteiger partial charge in [-0.1, -0.05) is 41.0 Å². The monoisotopic (exact) mass is 142 g/mol. The molecule has 1 rings (SSSR count). The normalized spacial score (nSPS) is 40.5. The van der Waals surface area contributed by atoms with E-state index >= 15 is 0 Å². The molecule has 0 heteroatoms. The average Bonchev–Trinajstić information content (AvgIpc) is 1.80. The van der Waals surface area contributed by atoms with Crippen molar-refractivity contribution in [3.05, 3.63) is 0 Å². The second-order valence-corrected chi connectivity index (χ2v) is 3.87. The molecular formula is C10H22. The molecule has 0 aromatic rings. The van der Waals surface area contributed by atoms with Crippen LogP contribution in [0.25, 0.3) is 0 Å². The maximum atomic E-state index is 2.39. The van der Waals surface area contributed by atoms with Crippen LogP contribution in [-0.4, -0.2) is 0 Å². The van der Waals surface area contributed by atoms with E-state index in [2.05, 4.69) is 20.8 Å². The Hall–Kier alpha value is 0. The van der Waals surface area contributed by atoms with Crippen molar-refractivity contribution in [1.29, 1.82) is 0 Å². The third kappa shape index (κ3) is 2.32. The van der Waals surface area contributed by atoms with Gasteiger partial charge in [0.1, 0.15) is 0 Å². The van der Waals surface area contributed by atoms with Gasteiger partial charge >= 0.3 is 0 Å². The molecule has 3 unspecified atom stereocenters. The highest BCUT2D eigenvalue weighted by atomic mass is 14.3. The summed E-state index contributed by atoms with van der Waals surface area (Å²) in [5.74, 6) is 2.96. The highest BCUT2D eigenvalue weighted by Gasteiger charge is 2.20. The Morgan fingerprint density at radius 2 is 1.50 bits per heavy atom. The third-order valence-electron chi connectivity index (χ3n) is 2.86. The van der Waals surface area contributed by atoms with Gasteiger partial charge in [0, 0.05) is 0 Å². The first-order valence-corrected chi connectivity index (χ1v) is 4.20. The van der Waals surface area contributed by atoms with Gasteiger partial charge in [-0.15, -0.1) is 0 Å². The summed E-state index contributed by atoms with van der Waals surface area (Å²) in [4.78, 5) is 0. The predicted octanol–water partition coefficient (Wildman–Crippen LogP) is 3.71. The lowest BCUT2D eigenvalue weighted by Gasteiger charge is -2.29. The Morgan fingerprint density at radius 3 is 1.90 bits per heavy atom. The molecule has 0 spiro atoms. The summed E-state index contributed by atoms with van der Waals surface area (Å²) in [7, 11) is 0. The van der Waals surface area contributed by atoms with Crippen molar-refractivity contribution in [3.63, 3.8) is 0 Å². The van der Waals surface area contributed by atoms with Crippen molar-refractivity contribution in [2.75, 3.05) is 0 Å². The molecule has 0 nitrogen and oxygen atoms in total. The minimum absolute atomic E-state index is 0. The first kappa shape index (κ1) is 10.0. The lowest BCUT2D eigenvalue weighted by Crippen LogP contribution is -2.18. The number of hydrogen-bond donors (Lipinski definition) is 0. The fraction of sp³-hybridized carbons (Fsp3) is 1.00. The smallest absolute Gasteiger partial charge is 0.0414 e. The van der Waals surface area contributed by atoms with Gasteiger partial charge in [-0.2, -0.15) is 0 Å². The van der Waals surface area contributed by atoms with Crippen LogP contribution in [0.4, 0.5) is 0 Å². The van der Waals surface area contributed by atoms with Crippen LogP contribution in [0.2, 0.25) is 0 Å². The summed E-state index contributed by atoms with van der Waals surface area (Å²) in [5, 5.41) is 0.